The summed E-state index contributed by atoms with van der Waals surface area (Å²) in [5.74, 6) is 0.933. The smallest absolute Gasteiger partial charge is 0.253 e. The van der Waals surface area contributed by atoms with E-state index in [9.17, 15) is 9.90 Å². The summed E-state index contributed by atoms with van der Waals surface area (Å²) in [5, 5.41) is 18.2. The van der Waals surface area contributed by atoms with Gasteiger partial charge in [0.1, 0.15) is 11.5 Å². The number of carbonyl (C=O) groups excluding carboxylic acids is 1. The molecule has 3 heterocycles. The number of fused-ring (bicyclic) bond motifs is 1. The van der Waals surface area contributed by atoms with Crippen molar-refractivity contribution >= 4 is 46.0 Å². The highest BCUT2D eigenvalue weighted by Crippen LogP contribution is 2.36. The summed E-state index contributed by atoms with van der Waals surface area (Å²) in [7, 11) is 3.40. The summed E-state index contributed by atoms with van der Waals surface area (Å²) in [6.07, 6.45) is 3.09. The third-order valence-corrected chi connectivity index (χ3v) is 6.96. The Hall–Kier alpha value is -3.66. The third-order valence-electron chi connectivity index (χ3n) is 6.64. The summed E-state index contributed by atoms with van der Waals surface area (Å²) in [4.78, 5) is 26.7. The average Bonchev–Trinajstić information content (AvgIpc) is 3.34. The Labute approximate surface area is 226 Å². The normalized spacial score (nSPS) is 14.9. The van der Waals surface area contributed by atoms with Crippen LogP contribution in [-0.2, 0) is 4.74 Å². The molecule has 10 heteroatoms. The van der Waals surface area contributed by atoms with Crippen LogP contribution in [0.1, 0.15) is 41.8 Å². The summed E-state index contributed by atoms with van der Waals surface area (Å²) >= 11 is 6.52. The zero-order chi connectivity index (χ0) is 26.8. The molecule has 1 aliphatic heterocycles. The number of hydrogen-bond donors (Lipinski definition) is 4. The Morgan fingerprint density at radius 2 is 1.97 bits per heavy atom. The lowest BCUT2D eigenvalue weighted by Gasteiger charge is -2.24. The SMILES string of the molecule is C[C@H](O)c1cccc(-c2c[nH]c3nc(Nc4ccc(C(=O)N(C)C)cc4Cl)nc(NC4CCOCC4)c23)c1. The highest BCUT2D eigenvalue weighted by molar-refractivity contribution is 6.33. The Morgan fingerprint density at radius 3 is 2.68 bits per heavy atom. The van der Waals surface area contributed by atoms with Gasteiger partial charge in [0.15, 0.2) is 0 Å². The molecule has 0 spiro atoms. The van der Waals surface area contributed by atoms with Gasteiger partial charge in [0.05, 0.1) is 22.2 Å². The molecule has 0 radical (unpaired) electrons. The molecule has 2 aromatic heterocycles. The van der Waals surface area contributed by atoms with Crippen LogP contribution in [0.4, 0.5) is 17.5 Å². The molecule has 1 aliphatic rings. The molecule has 38 heavy (non-hydrogen) atoms. The predicted octanol–water partition coefficient (Wildman–Crippen LogP) is 5.37. The summed E-state index contributed by atoms with van der Waals surface area (Å²) < 4.78 is 5.54. The van der Waals surface area contributed by atoms with Crippen molar-refractivity contribution in [3.63, 3.8) is 0 Å². The fourth-order valence-electron chi connectivity index (χ4n) is 4.55. The molecule has 1 saturated heterocycles. The lowest BCUT2D eigenvalue weighted by atomic mass is 10.0. The van der Waals surface area contributed by atoms with E-state index in [0.717, 1.165) is 34.9 Å². The van der Waals surface area contributed by atoms with Crippen molar-refractivity contribution in [3.8, 4) is 11.1 Å². The first kappa shape index (κ1) is 26.0. The molecule has 1 amide bonds. The Morgan fingerprint density at radius 1 is 1.18 bits per heavy atom. The van der Waals surface area contributed by atoms with E-state index in [0.29, 0.717) is 46.9 Å². The van der Waals surface area contributed by atoms with Crippen molar-refractivity contribution in [1.82, 2.24) is 19.9 Å². The van der Waals surface area contributed by atoms with E-state index in [2.05, 4.69) is 15.6 Å². The van der Waals surface area contributed by atoms with Crippen molar-refractivity contribution in [3.05, 3.63) is 64.8 Å². The molecule has 9 nitrogen and oxygen atoms in total. The quantitative estimate of drug-likeness (QED) is 0.252. The summed E-state index contributed by atoms with van der Waals surface area (Å²) in [6.45, 7) is 3.14. The number of H-pyrrole nitrogens is 1. The number of rotatable bonds is 7. The van der Waals surface area contributed by atoms with E-state index in [1.54, 1.807) is 39.2 Å². The van der Waals surface area contributed by atoms with Crippen LogP contribution < -0.4 is 10.6 Å². The number of nitrogens with one attached hydrogen (secondary N) is 3. The van der Waals surface area contributed by atoms with E-state index in [1.165, 1.54) is 4.90 Å². The van der Waals surface area contributed by atoms with Crippen molar-refractivity contribution < 1.29 is 14.6 Å². The van der Waals surface area contributed by atoms with Crippen LogP contribution in [0.25, 0.3) is 22.2 Å². The first-order valence-corrected chi connectivity index (χ1v) is 13.0. The zero-order valence-corrected chi connectivity index (χ0v) is 22.3. The number of aliphatic hydroxyl groups is 1. The largest absolute Gasteiger partial charge is 0.389 e. The average molecular weight is 535 g/mol. The number of halogens is 1. The molecular weight excluding hydrogens is 504 g/mol. The number of aromatic nitrogens is 3. The fourth-order valence-corrected chi connectivity index (χ4v) is 4.78. The minimum atomic E-state index is -0.573. The number of hydrogen-bond acceptors (Lipinski definition) is 7. The maximum Gasteiger partial charge on any atom is 0.253 e. The molecule has 0 bridgehead atoms. The van der Waals surface area contributed by atoms with Gasteiger partial charge in [0.2, 0.25) is 5.95 Å². The zero-order valence-electron chi connectivity index (χ0n) is 21.6. The van der Waals surface area contributed by atoms with Crippen molar-refractivity contribution in [2.45, 2.75) is 31.9 Å². The number of ether oxygens (including phenoxy) is 1. The van der Waals surface area contributed by atoms with Gasteiger partial charge in [-0.25, -0.2) is 0 Å². The van der Waals surface area contributed by atoms with E-state index < -0.39 is 6.10 Å². The summed E-state index contributed by atoms with van der Waals surface area (Å²) in [5.41, 5.74) is 4.48. The Balaban J connectivity index is 1.54. The summed E-state index contributed by atoms with van der Waals surface area (Å²) in [6, 6.07) is 13.1. The maximum atomic E-state index is 12.3. The third kappa shape index (κ3) is 5.45. The maximum absolute atomic E-state index is 12.3. The minimum absolute atomic E-state index is 0.127. The van der Waals surface area contributed by atoms with Crippen LogP contribution in [0.5, 0.6) is 0 Å². The Bertz CT molecular complexity index is 1460. The van der Waals surface area contributed by atoms with E-state index in [4.69, 9.17) is 26.3 Å². The standard InChI is InChI=1S/C28H31ClN6O3/c1-16(36)17-5-4-6-18(13-17)21-15-30-25-24(21)26(31-20-9-11-38-12-10-20)34-28(33-25)32-23-8-7-19(14-22(23)29)27(37)35(2)3/h4-8,13-16,20,36H,9-12H2,1-3H3,(H3,30,31,32,33,34)/t16-/m0/s1. The van der Waals surface area contributed by atoms with Gasteiger partial charge < -0.3 is 30.4 Å². The van der Waals surface area contributed by atoms with E-state index >= 15 is 0 Å². The second-order valence-electron chi connectivity index (χ2n) is 9.67. The van der Waals surface area contributed by atoms with Crippen molar-refractivity contribution in [1.29, 1.82) is 0 Å². The lowest BCUT2D eigenvalue weighted by Crippen LogP contribution is -2.28. The van der Waals surface area contributed by atoms with Crippen LogP contribution in [-0.4, -0.2) is 64.2 Å². The topological polar surface area (TPSA) is 115 Å². The van der Waals surface area contributed by atoms with Gasteiger partial charge in [-0.15, -0.1) is 0 Å². The molecular formula is C28H31ClN6O3. The number of aliphatic hydroxyl groups excluding tert-OH is 1. The Kier molecular flexibility index (Phi) is 7.51. The lowest BCUT2D eigenvalue weighted by molar-refractivity contribution is 0.0827. The monoisotopic (exact) mass is 534 g/mol. The van der Waals surface area contributed by atoms with Crippen LogP contribution >= 0.6 is 11.6 Å². The first-order valence-electron chi connectivity index (χ1n) is 12.6. The molecule has 1 atom stereocenters. The van der Waals surface area contributed by atoms with Crippen molar-refractivity contribution in [2.75, 3.05) is 37.9 Å². The molecule has 2 aromatic carbocycles. The van der Waals surface area contributed by atoms with Gasteiger partial charge in [0, 0.05) is 50.7 Å². The molecule has 1 fully saturated rings. The second kappa shape index (κ2) is 11.0. The van der Waals surface area contributed by atoms with Gasteiger partial charge in [-0.1, -0.05) is 29.8 Å². The van der Waals surface area contributed by atoms with Crippen molar-refractivity contribution in [2.24, 2.45) is 0 Å². The number of carbonyl (C=O) groups is 1. The first-order chi connectivity index (χ1) is 18.3. The predicted molar refractivity (Wildman–Crippen MR) is 150 cm³/mol. The van der Waals surface area contributed by atoms with Crippen LogP contribution in [0.15, 0.2) is 48.7 Å². The van der Waals surface area contributed by atoms with E-state index in [1.807, 2.05) is 30.5 Å². The van der Waals surface area contributed by atoms with E-state index in [-0.39, 0.29) is 11.9 Å². The molecule has 0 aliphatic carbocycles. The van der Waals surface area contributed by atoms with Gasteiger partial charge in [-0.05, 0) is 55.2 Å². The van der Waals surface area contributed by atoms with Gasteiger partial charge in [-0.3, -0.25) is 4.79 Å². The molecule has 4 N–H and O–H groups in total. The fraction of sp³-hybridized carbons (Fsp3) is 0.321. The number of benzene rings is 2. The molecule has 0 saturated carbocycles. The number of nitrogens with zero attached hydrogens (tertiary/aromatic N) is 3. The minimum Gasteiger partial charge on any atom is -0.389 e. The molecule has 5 rings (SSSR count). The van der Waals surface area contributed by atoms with Crippen LogP contribution in [0.3, 0.4) is 0 Å². The van der Waals surface area contributed by atoms with Gasteiger partial charge >= 0.3 is 0 Å². The number of amides is 1. The molecule has 198 valence electrons. The highest BCUT2D eigenvalue weighted by Gasteiger charge is 2.21. The van der Waals surface area contributed by atoms with Crippen LogP contribution in [0.2, 0.25) is 5.02 Å². The molecule has 4 aromatic rings. The van der Waals surface area contributed by atoms with Gasteiger partial charge in [0.25, 0.3) is 5.91 Å². The molecule has 0 unspecified atom stereocenters. The van der Waals surface area contributed by atoms with Gasteiger partial charge in [-0.2, -0.15) is 9.97 Å². The van der Waals surface area contributed by atoms with Crippen LogP contribution in [0, 0.1) is 0 Å². The highest BCUT2D eigenvalue weighted by atomic mass is 35.5. The second-order valence-corrected chi connectivity index (χ2v) is 10.1. The number of anilines is 3. The number of aromatic amines is 1.